The van der Waals surface area contributed by atoms with E-state index in [1.807, 2.05) is 42.5 Å². The van der Waals surface area contributed by atoms with Gasteiger partial charge in [-0.3, -0.25) is 4.79 Å². The molecule has 1 amide bonds. The van der Waals surface area contributed by atoms with Crippen LogP contribution in [-0.4, -0.2) is 55.0 Å². The molecule has 2 aromatic carbocycles. The summed E-state index contributed by atoms with van der Waals surface area (Å²) < 4.78 is 10.8. The molecule has 148 valence electrons. The number of rotatable bonds is 6. The highest BCUT2D eigenvalue weighted by atomic mass is 16.7. The number of ether oxygens (including phenoxy) is 2. The molecule has 2 aliphatic heterocycles. The number of hydrogen-bond acceptors (Lipinski definition) is 5. The second-order valence-electron chi connectivity index (χ2n) is 7.35. The van der Waals surface area contributed by atoms with Crippen molar-refractivity contribution in [2.24, 2.45) is 0 Å². The smallest absolute Gasteiger partial charge is 0.251 e. The predicted octanol–water partition coefficient (Wildman–Crippen LogP) is 2.66. The first-order valence-electron chi connectivity index (χ1n) is 9.88. The number of nitrogens with one attached hydrogen (secondary N) is 1. The van der Waals surface area contributed by atoms with E-state index in [-0.39, 0.29) is 18.8 Å². The van der Waals surface area contributed by atoms with Gasteiger partial charge in [0.05, 0.1) is 6.10 Å². The second-order valence-corrected chi connectivity index (χ2v) is 7.35. The Hall–Kier alpha value is -2.57. The quantitative estimate of drug-likeness (QED) is 0.752. The molecule has 2 heterocycles. The molecule has 0 unspecified atom stereocenters. The fourth-order valence-corrected chi connectivity index (χ4v) is 3.73. The van der Waals surface area contributed by atoms with E-state index in [0.717, 1.165) is 61.5 Å². The first kappa shape index (κ1) is 18.8. The van der Waals surface area contributed by atoms with Crippen molar-refractivity contribution in [3.8, 4) is 22.6 Å². The molecule has 1 saturated heterocycles. The number of aliphatic hydroxyl groups is 1. The number of amides is 1. The lowest BCUT2D eigenvalue weighted by Crippen LogP contribution is -2.39. The standard InChI is InChI=1S/C22H26N2O4/c25-19-3-1-11-24(14-19)12-2-10-23-22(26)17-6-4-16(5-7-17)18-8-9-20-21(13-18)28-15-27-20/h4-9,13,19,25H,1-3,10-12,14-15H2,(H,23,26)/t19-/m1/s1. The number of carbonyl (C=O) groups is 1. The van der Waals surface area contributed by atoms with E-state index in [1.54, 1.807) is 0 Å². The number of hydrogen-bond donors (Lipinski definition) is 2. The number of aliphatic hydroxyl groups excluding tert-OH is 1. The molecule has 28 heavy (non-hydrogen) atoms. The van der Waals surface area contributed by atoms with Gasteiger partial charge in [-0.1, -0.05) is 18.2 Å². The fraction of sp³-hybridized carbons (Fsp3) is 0.409. The highest BCUT2D eigenvalue weighted by Gasteiger charge is 2.17. The summed E-state index contributed by atoms with van der Waals surface area (Å²) in [5.41, 5.74) is 2.70. The third-order valence-electron chi connectivity index (χ3n) is 5.27. The average molecular weight is 382 g/mol. The van der Waals surface area contributed by atoms with E-state index in [2.05, 4.69) is 10.2 Å². The second kappa shape index (κ2) is 8.63. The number of benzene rings is 2. The number of β-amino-alcohol motifs (C(OH)–C–C–N with tert-alkyl or cyclic N) is 1. The van der Waals surface area contributed by atoms with Crippen LogP contribution in [0.1, 0.15) is 29.6 Å². The van der Waals surface area contributed by atoms with Crippen molar-refractivity contribution in [2.45, 2.75) is 25.4 Å². The third-order valence-corrected chi connectivity index (χ3v) is 5.27. The Labute approximate surface area is 165 Å². The highest BCUT2D eigenvalue weighted by molar-refractivity contribution is 5.94. The van der Waals surface area contributed by atoms with Gasteiger partial charge in [0.2, 0.25) is 6.79 Å². The van der Waals surface area contributed by atoms with E-state index < -0.39 is 0 Å². The Morgan fingerprint density at radius 2 is 1.89 bits per heavy atom. The Morgan fingerprint density at radius 1 is 1.11 bits per heavy atom. The molecule has 1 fully saturated rings. The third kappa shape index (κ3) is 4.46. The number of nitrogens with zero attached hydrogens (tertiary/aromatic N) is 1. The van der Waals surface area contributed by atoms with Crippen molar-refractivity contribution in [3.05, 3.63) is 48.0 Å². The van der Waals surface area contributed by atoms with E-state index in [4.69, 9.17) is 9.47 Å². The van der Waals surface area contributed by atoms with E-state index in [1.165, 1.54) is 0 Å². The molecule has 4 rings (SSSR count). The van der Waals surface area contributed by atoms with Crippen molar-refractivity contribution in [2.75, 3.05) is 33.0 Å². The van der Waals surface area contributed by atoms with Crippen LogP contribution in [0.3, 0.4) is 0 Å². The Bertz CT molecular complexity index is 822. The zero-order valence-corrected chi connectivity index (χ0v) is 15.9. The number of carbonyl (C=O) groups excluding carboxylic acids is 1. The first-order chi connectivity index (χ1) is 13.7. The van der Waals surface area contributed by atoms with E-state index >= 15 is 0 Å². The van der Waals surface area contributed by atoms with Crippen LogP contribution < -0.4 is 14.8 Å². The zero-order chi connectivity index (χ0) is 19.3. The van der Waals surface area contributed by atoms with Crippen LogP contribution in [0.15, 0.2) is 42.5 Å². The minimum absolute atomic E-state index is 0.0593. The normalized spacial score (nSPS) is 18.8. The number of fused-ring (bicyclic) bond motifs is 1. The Morgan fingerprint density at radius 3 is 2.71 bits per heavy atom. The molecule has 6 nitrogen and oxygen atoms in total. The zero-order valence-electron chi connectivity index (χ0n) is 15.9. The molecule has 2 aliphatic rings. The van der Waals surface area contributed by atoms with Crippen molar-refractivity contribution in [1.82, 2.24) is 10.2 Å². The van der Waals surface area contributed by atoms with E-state index in [0.29, 0.717) is 12.1 Å². The van der Waals surface area contributed by atoms with Gasteiger partial charge >= 0.3 is 0 Å². The van der Waals surface area contributed by atoms with Crippen LogP contribution in [0.4, 0.5) is 0 Å². The van der Waals surface area contributed by atoms with Gasteiger partial charge in [0.1, 0.15) is 0 Å². The summed E-state index contributed by atoms with van der Waals surface area (Å²) >= 11 is 0. The highest BCUT2D eigenvalue weighted by Crippen LogP contribution is 2.35. The molecule has 0 saturated carbocycles. The van der Waals surface area contributed by atoms with Gasteiger partial charge in [0.15, 0.2) is 11.5 Å². The molecule has 0 spiro atoms. The molecular weight excluding hydrogens is 356 g/mol. The summed E-state index contributed by atoms with van der Waals surface area (Å²) in [6, 6.07) is 13.4. The lowest BCUT2D eigenvalue weighted by molar-refractivity contribution is 0.0697. The minimum atomic E-state index is -0.202. The number of piperidine rings is 1. The van der Waals surface area contributed by atoms with Gasteiger partial charge < -0.3 is 24.8 Å². The summed E-state index contributed by atoms with van der Waals surface area (Å²) in [6.07, 6.45) is 2.62. The van der Waals surface area contributed by atoms with Gasteiger partial charge in [-0.15, -0.1) is 0 Å². The molecule has 0 radical (unpaired) electrons. The monoisotopic (exact) mass is 382 g/mol. The average Bonchev–Trinajstić information content (AvgIpc) is 3.19. The molecule has 1 atom stereocenters. The molecule has 6 heteroatoms. The van der Waals surface area contributed by atoms with Crippen LogP contribution in [0, 0.1) is 0 Å². The number of likely N-dealkylation sites (tertiary alicyclic amines) is 1. The van der Waals surface area contributed by atoms with Gasteiger partial charge in [-0.25, -0.2) is 0 Å². The molecule has 0 aliphatic carbocycles. The first-order valence-corrected chi connectivity index (χ1v) is 9.88. The maximum Gasteiger partial charge on any atom is 0.251 e. The van der Waals surface area contributed by atoms with Crippen LogP contribution in [0.25, 0.3) is 11.1 Å². The minimum Gasteiger partial charge on any atom is -0.454 e. The summed E-state index contributed by atoms with van der Waals surface area (Å²) in [5.74, 6) is 1.45. The van der Waals surface area contributed by atoms with Crippen LogP contribution in [0.5, 0.6) is 11.5 Å². The summed E-state index contributed by atoms with van der Waals surface area (Å²) in [6.45, 7) is 3.58. The Balaban J connectivity index is 1.27. The topological polar surface area (TPSA) is 71.0 Å². The fourth-order valence-electron chi connectivity index (χ4n) is 3.73. The van der Waals surface area contributed by atoms with Gasteiger partial charge in [0.25, 0.3) is 5.91 Å². The molecule has 2 aromatic rings. The maximum atomic E-state index is 12.3. The van der Waals surface area contributed by atoms with Gasteiger partial charge in [0, 0.05) is 18.7 Å². The Kier molecular flexibility index (Phi) is 5.78. The summed E-state index contributed by atoms with van der Waals surface area (Å²) in [5, 5.41) is 12.7. The van der Waals surface area contributed by atoms with Crippen molar-refractivity contribution in [1.29, 1.82) is 0 Å². The van der Waals surface area contributed by atoms with Gasteiger partial charge in [-0.2, -0.15) is 0 Å². The summed E-state index contributed by atoms with van der Waals surface area (Å²) in [4.78, 5) is 14.6. The summed E-state index contributed by atoms with van der Waals surface area (Å²) in [7, 11) is 0. The molecule has 2 N–H and O–H groups in total. The maximum absolute atomic E-state index is 12.3. The van der Waals surface area contributed by atoms with Crippen LogP contribution >= 0.6 is 0 Å². The molecular formula is C22H26N2O4. The van der Waals surface area contributed by atoms with Crippen molar-refractivity contribution < 1.29 is 19.4 Å². The molecule has 0 bridgehead atoms. The molecule has 0 aromatic heterocycles. The van der Waals surface area contributed by atoms with E-state index in [9.17, 15) is 9.90 Å². The van der Waals surface area contributed by atoms with Crippen LogP contribution in [0.2, 0.25) is 0 Å². The largest absolute Gasteiger partial charge is 0.454 e. The SMILES string of the molecule is O=C(NCCCN1CCC[C@@H](O)C1)c1ccc(-c2ccc3c(c2)OCO3)cc1. The lowest BCUT2D eigenvalue weighted by Gasteiger charge is -2.29. The van der Waals surface area contributed by atoms with Crippen LogP contribution in [-0.2, 0) is 0 Å². The van der Waals surface area contributed by atoms with Crippen molar-refractivity contribution in [3.63, 3.8) is 0 Å². The lowest BCUT2D eigenvalue weighted by atomic mass is 10.0. The van der Waals surface area contributed by atoms with Gasteiger partial charge in [-0.05, 0) is 67.7 Å². The predicted molar refractivity (Wildman–Crippen MR) is 107 cm³/mol. The van der Waals surface area contributed by atoms with Crippen molar-refractivity contribution >= 4 is 5.91 Å².